The molecule has 0 nitrogen and oxygen atoms in total. The molecule has 0 heterocycles. The molecule has 0 amide bonds. The summed E-state index contributed by atoms with van der Waals surface area (Å²) in [6.07, 6.45) is 0. The minimum Gasteiger partial charge on any atom is -0.207 e. The van der Waals surface area contributed by atoms with Crippen molar-refractivity contribution >= 4 is 50.7 Å². The fraction of sp³-hybridized carbons (Fsp3) is 0.0769. The third-order valence-corrected chi connectivity index (χ3v) is 4.02. The predicted molar refractivity (Wildman–Crippen MR) is 78.2 cm³/mol. The molecule has 2 aromatic rings. The molecule has 0 aliphatic carbocycles. The van der Waals surface area contributed by atoms with Crippen molar-refractivity contribution in [2.45, 2.75) is 5.38 Å². The lowest BCUT2D eigenvalue weighted by atomic mass is 10.0. The van der Waals surface area contributed by atoms with Crippen LogP contribution in [0.3, 0.4) is 0 Å². The normalized spacial score (nSPS) is 12.5. The van der Waals surface area contributed by atoms with Gasteiger partial charge >= 0.3 is 0 Å². The highest BCUT2D eigenvalue weighted by atomic mass is 79.9. The van der Waals surface area contributed by atoms with Crippen LogP contribution >= 0.6 is 50.7 Å². The number of rotatable bonds is 2. The third-order valence-electron chi connectivity index (χ3n) is 2.49. The van der Waals surface area contributed by atoms with E-state index >= 15 is 0 Å². The second-order valence-corrected chi connectivity index (χ2v) is 6.02. The Balaban J connectivity index is 2.49. The van der Waals surface area contributed by atoms with Crippen LogP contribution in [0, 0.1) is 11.6 Å². The van der Waals surface area contributed by atoms with Crippen molar-refractivity contribution in [3.8, 4) is 0 Å². The van der Waals surface area contributed by atoms with Gasteiger partial charge in [-0.1, -0.05) is 23.2 Å². The molecule has 19 heavy (non-hydrogen) atoms. The lowest BCUT2D eigenvalue weighted by Gasteiger charge is -2.13. The first kappa shape index (κ1) is 15.0. The Morgan fingerprint density at radius 2 is 1.47 bits per heavy atom. The van der Waals surface area contributed by atoms with Gasteiger partial charge in [0.15, 0.2) is 0 Å². The van der Waals surface area contributed by atoms with Crippen LogP contribution < -0.4 is 0 Å². The monoisotopic (exact) mass is 384 g/mol. The molecule has 1 unspecified atom stereocenters. The van der Waals surface area contributed by atoms with Gasteiger partial charge in [-0.05, 0) is 51.8 Å². The first-order valence-corrected chi connectivity index (χ1v) is 7.11. The molecule has 1 atom stereocenters. The first-order valence-electron chi connectivity index (χ1n) is 5.13. The molecule has 0 bridgehead atoms. The highest BCUT2D eigenvalue weighted by Gasteiger charge is 2.18. The number of halogens is 6. The molecule has 100 valence electrons. The molecule has 0 radical (unpaired) electrons. The van der Waals surface area contributed by atoms with Crippen LogP contribution in [0.2, 0.25) is 10.0 Å². The summed E-state index contributed by atoms with van der Waals surface area (Å²) in [7, 11) is 0. The maximum atomic E-state index is 13.8. The predicted octanol–water partition coefficient (Wildman–Crippen LogP) is 6.36. The number of benzene rings is 2. The summed E-state index contributed by atoms with van der Waals surface area (Å²) >= 11 is 20.8. The molecule has 0 fully saturated rings. The molecule has 0 aromatic heterocycles. The fourth-order valence-corrected chi connectivity index (χ4v) is 2.78. The van der Waals surface area contributed by atoms with Crippen molar-refractivity contribution in [3.63, 3.8) is 0 Å². The van der Waals surface area contributed by atoms with Gasteiger partial charge in [0, 0.05) is 15.6 Å². The summed E-state index contributed by atoms with van der Waals surface area (Å²) in [4.78, 5) is 0. The van der Waals surface area contributed by atoms with Crippen molar-refractivity contribution in [1.29, 1.82) is 0 Å². The van der Waals surface area contributed by atoms with Gasteiger partial charge in [-0.2, -0.15) is 0 Å². The first-order chi connectivity index (χ1) is 8.88. The highest BCUT2D eigenvalue weighted by molar-refractivity contribution is 9.10. The van der Waals surface area contributed by atoms with Crippen molar-refractivity contribution in [3.05, 3.63) is 67.6 Å². The van der Waals surface area contributed by atoms with Crippen molar-refractivity contribution in [2.75, 3.05) is 0 Å². The van der Waals surface area contributed by atoms with Gasteiger partial charge in [0.25, 0.3) is 0 Å². The van der Waals surface area contributed by atoms with Crippen LogP contribution in [0.25, 0.3) is 0 Å². The molecule has 0 saturated heterocycles. The van der Waals surface area contributed by atoms with Gasteiger partial charge in [0.1, 0.15) is 11.6 Å². The molecule has 2 rings (SSSR count). The molecular weight excluding hydrogens is 380 g/mol. The lowest BCUT2D eigenvalue weighted by molar-refractivity contribution is 0.582. The zero-order valence-electron chi connectivity index (χ0n) is 9.23. The Kier molecular flexibility index (Phi) is 4.72. The van der Waals surface area contributed by atoms with Crippen molar-refractivity contribution in [1.82, 2.24) is 0 Å². The van der Waals surface area contributed by atoms with Crippen LogP contribution in [-0.2, 0) is 0 Å². The van der Waals surface area contributed by atoms with E-state index in [0.29, 0.717) is 15.6 Å². The largest absolute Gasteiger partial charge is 0.207 e. The maximum absolute atomic E-state index is 13.8. The summed E-state index contributed by atoms with van der Waals surface area (Å²) in [6.45, 7) is 0. The van der Waals surface area contributed by atoms with Crippen LogP contribution in [0.15, 0.2) is 34.8 Å². The SMILES string of the molecule is Fc1cc(C(Cl)c2cc(Cl)cc(Cl)c2)c(F)cc1Br. The molecule has 0 aliphatic rings. The Labute approximate surface area is 132 Å². The summed E-state index contributed by atoms with van der Waals surface area (Å²) in [6, 6.07) is 6.74. The minimum absolute atomic E-state index is 0.0284. The summed E-state index contributed by atoms with van der Waals surface area (Å²) in [5, 5.41) is -0.115. The molecule has 0 spiro atoms. The van der Waals surface area contributed by atoms with Gasteiger partial charge in [-0.3, -0.25) is 0 Å². The second kappa shape index (κ2) is 5.96. The standard InChI is InChI=1S/C13H6BrCl3F2/c14-10-5-11(18)9(4-12(10)19)13(17)6-1-7(15)3-8(16)2-6/h1-5,13H. The number of alkyl halides is 1. The third kappa shape index (κ3) is 3.40. The van der Waals surface area contributed by atoms with Crippen molar-refractivity contribution < 1.29 is 8.78 Å². The Bertz CT molecular complexity index is 611. The van der Waals surface area contributed by atoms with E-state index in [0.717, 1.165) is 12.1 Å². The van der Waals surface area contributed by atoms with Gasteiger partial charge in [0.2, 0.25) is 0 Å². The average Bonchev–Trinajstić information content (AvgIpc) is 2.31. The van der Waals surface area contributed by atoms with Crippen LogP contribution in [0.1, 0.15) is 16.5 Å². The van der Waals surface area contributed by atoms with E-state index in [-0.39, 0.29) is 10.0 Å². The fourth-order valence-electron chi connectivity index (χ4n) is 1.63. The van der Waals surface area contributed by atoms with E-state index in [9.17, 15) is 8.78 Å². The Morgan fingerprint density at radius 1 is 0.895 bits per heavy atom. The van der Waals surface area contributed by atoms with Crippen LogP contribution in [0.5, 0.6) is 0 Å². The van der Waals surface area contributed by atoms with E-state index in [2.05, 4.69) is 15.9 Å². The molecular formula is C13H6BrCl3F2. The Hall–Kier alpha value is -0.350. The van der Waals surface area contributed by atoms with Gasteiger partial charge in [-0.25, -0.2) is 8.78 Å². The average molecular weight is 386 g/mol. The summed E-state index contributed by atoms with van der Waals surface area (Å²) in [5.41, 5.74) is 0.528. The van der Waals surface area contributed by atoms with Gasteiger partial charge < -0.3 is 0 Å². The van der Waals surface area contributed by atoms with Crippen LogP contribution in [-0.4, -0.2) is 0 Å². The van der Waals surface area contributed by atoms with E-state index in [1.807, 2.05) is 0 Å². The highest BCUT2D eigenvalue weighted by Crippen LogP contribution is 2.35. The number of hydrogen-bond acceptors (Lipinski definition) is 0. The van der Waals surface area contributed by atoms with Gasteiger partial charge in [0.05, 0.1) is 9.85 Å². The van der Waals surface area contributed by atoms with E-state index < -0.39 is 17.0 Å². The summed E-state index contributed by atoms with van der Waals surface area (Å²) < 4.78 is 27.3. The number of hydrogen-bond donors (Lipinski definition) is 0. The zero-order valence-corrected chi connectivity index (χ0v) is 13.1. The molecule has 0 aliphatic heterocycles. The molecule has 2 aromatic carbocycles. The van der Waals surface area contributed by atoms with Crippen molar-refractivity contribution in [2.24, 2.45) is 0 Å². The lowest BCUT2D eigenvalue weighted by Crippen LogP contribution is -1.99. The Morgan fingerprint density at radius 3 is 2.05 bits per heavy atom. The smallest absolute Gasteiger partial charge is 0.137 e. The quantitative estimate of drug-likeness (QED) is 0.416. The molecule has 0 saturated carbocycles. The van der Waals surface area contributed by atoms with Gasteiger partial charge in [-0.15, -0.1) is 11.6 Å². The minimum atomic E-state index is -0.876. The topological polar surface area (TPSA) is 0 Å². The zero-order chi connectivity index (χ0) is 14.2. The molecule has 0 N–H and O–H groups in total. The molecule has 6 heteroatoms. The van der Waals surface area contributed by atoms with E-state index in [4.69, 9.17) is 34.8 Å². The van der Waals surface area contributed by atoms with E-state index in [1.54, 1.807) is 12.1 Å². The maximum Gasteiger partial charge on any atom is 0.137 e. The van der Waals surface area contributed by atoms with E-state index in [1.165, 1.54) is 6.07 Å². The van der Waals surface area contributed by atoms with Crippen LogP contribution in [0.4, 0.5) is 8.78 Å². The second-order valence-electron chi connectivity index (χ2n) is 3.85. The summed E-state index contributed by atoms with van der Waals surface area (Å²) in [5.74, 6) is -1.19.